The van der Waals surface area contributed by atoms with E-state index in [-0.39, 0.29) is 0 Å². The number of para-hydroxylation sites is 1. The standard InChI is InChI=1S/C9H14N.C2H4O2/c1-10(2,3)9-7-5-4-6-8-9;1-2(3)4/h4-8H,1-3H3;1H3,(H,3,4)/q+1;/p-1. The molecule has 0 fully saturated rings. The van der Waals surface area contributed by atoms with Crippen LogP contribution in [0.3, 0.4) is 0 Å². The second-order valence-electron chi connectivity index (χ2n) is 3.84. The van der Waals surface area contributed by atoms with Crippen LogP contribution in [0.2, 0.25) is 0 Å². The Bertz CT molecular complexity index is 271. The molecule has 0 saturated heterocycles. The topological polar surface area (TPSA) is 40.1 Å². The van der Waals surface area contributed by atoms with Crippen LogP contribution >= 0.6 is 0 Å². The lowest BCUT2D eigenvalue weighted by molar-refractivity contribution is -0.302. The summed E-state index contributed by atoms with van der Waals surface area (Å²) >= 11 is 0. The van der Waals surface area contributed by atoms with Crippen LogP contribution in [-0.2, 0) is 4.79 Å². The third kappa shape index (κ3) is 6.20. The Morgan fingerprint density at radius 3 is 1.71 bits per heavy atom. The van der Waals surface area contributed by atoms with Crippen molar-refractivity contribution in [2.24, 2.45) is 0 Å². The molecular formula is C11H17NO2. The van der Waals surface area contributed by atoms with E-state index in [1.807, 2.05) is 6.07 Å². The molecule has 0 spiro atoms. The molecule has 0 bridgehead atoms. The van der Waals surface area contributed by atoms with E-state index in [0.717, 1.165) is 11.4 Å². The third-order valence-electron chi connectivity index (χ3n) is 1.53. The fourth-order valence-electron chi connectivity index (χ4n) is 0.875. The van der Waals surface area contributed by atoms with Crippen LogP contribution in [-0.4, -0.2) is 27.1 Å². The predicted octanol–water partition coefficient (Wildman–Crippen LogP) is 0.639. The summed E-state index contributed by atoms with van der Waals surface area (Å²) in [6, 6.07) is 10.5. The minimum Gasteiger partial charge on any atom is -0.550 e. The van der Waals surface area contributed by atoms with Crippen molar-refractivity contribution in [3.05, 3.63) is 30.3 Å². The summed E-state index contributed by atoms with van der Waals surface area (Å²) in [5.74, 6) is -1.08. The number of hydrogen-bond donors (Lipinski definition) is 0. The van der Waals surface area contributed by atoms with Gasteiger partial charge < -0.3 is 9.90 Å². The monoisotopic (exact) mass is 195 g/mol. The molecule has 1 aromatic carbocycles. The summed E-state index contributed by atoms with van der Waals surface area (Å²) in [5, 5.41) is 8.89. The highest BCUT2D eigenvalue weighted by Crippen LogP contribution is 2.14. The maximum atomic E-state index is 8.89. The number of carbonyl (C=O) groups excluding carboxylic acids is 1. The average Bonchev–Trinajstić information content (AvgIpc) is 2.03. The van der Waals surface area contributed by atoms with Crippen LogP contribution < -0.4 is 9.59 Å². The molecule has 0 aliphatic carbocycles. The SMILES string of the molecule is CC(=O)[O-].C[N+](C)(C)c1ccccc1. The first kappa shape index (κ1) is 12.7. The van der Waals surface area contributed by atoms with E-state index in [1.165, 1.54) is 5.69 Å². The van der Waals surface area contributed by atoms with Crippen molar-refractivity contribution in [2.75, 3.05) is 21.1 Å². The molecular weight excluding hydrogens is 178 g/mol. The highest BCUT2D eigenvalue weighted by Gasteiger charge is 2.08. The van der Waals surface area contributed by atoms with Crippen LogP contribution in [0.1, 0.15) is 6.92 Å². The Morgan fingerprint density at radius 1 is 1.14 bits per heavy atom. The molecule has 0 atom stereocenters. The Labute approximate surface area is 85.2 Å². The number of carboxylic acid groups (broad SMARTS) is 1. The van der Waals surface area contributed by atoms with Crippen LogP contribution in [0.25, 0.3) is 0 Å². The van der Waals surface area contributed by atoms with Crippen molar-refractivity contribution < 1.29 is 9.90 Å². The minimum absolute atomic E-state index is 0.890. The predicted molar refractivity (Wildman–Crippen MR) is 56.7 cm³/mol. The molecule has 0 unspecified atom stereocenters. The summed E-state index contributed by atoms with van der Waals surface area (Å²) in [6.07, 6.45) is 0. The fourth-order valence-corrected chi connectivity index (χ4v) is 0.875. The molecule has 3 heteroatoms. The van der Waals surface area contributed by atoms with Crippen LogP contribution in [0.15, 0.2) is 30.3 Å². The zero-order valence-electron chi connectivity index (χ0n) is 9.15. The van der Waals surface area contributed by atoms with E-state index in [2.05, 4.69) is 45.4 Å². The first-order valence-corrected chi connectivity index (χ1v) is 4.38. The number of carbonyl (C=O) groups is 1. The molecule has 1 rings (SSSR count). The van der Waals surface area contributed by atoms with Crippen molar-refractivity contribution in [3.8, 4) is 0 Å². The number of benzene rings is 1. The van der Waals surface area contributed by atoms with Crippen LogP contribution in [0.5, 0.6) is 0 Å². The van der Waals surface area contributed by atoms with Gasteiger partial charge in [0.15, 0.2) is 0 Å². The van der Waals surface area contributed by atoms with Crippen molar-refractivity contribution in [1.29, 1.82) is 0 Å². The van der Waals surface area contributed by atoms with Gasteiger partial charge in [0, 0.05) is 5.97 Å². The minimum atomic E-state index is -1.08. The number of hydrogen-bond acceptors (Lipinski definition) is 2. The quantitative estimate of drug-likeness (QED) is 0.617. The molecule has 0 heterocycles. The molecule has 0 amide bonds. The van der Waals surface area contributed by atoms with Crippen molar-refractivity contribution in [3.63, 3.8) is 0 Å². The Kier molecular flexibility index (Phi) is 4.87. The summed E-state index contributed by atoms with van der Waals surface area (Å²) in [7, 11) is 6.49. The molecule has 0 radical (unpaired) electrons. The highest BCUT2D eigenvalue weighted by molar-refractivity contribution is 5.60. The zero-order valence-corrected chi connectivity index (χ0v) is 9.15. The van der Waals surface area contributed by atoms with Crippen LogP contribution in [0, 0.1) is 0 Å². The summed E-state index contributed by atoms with van der Waals surface area (Å²) in [6.45, 7) is 0.972. The molecule has 0 saturated carbocycles. The zero-order chi connectivity index (χ0) is 11.2. The van der Waals surface area contributed by atoms with Crippen LogP contribution in [0.4, 0.5) is 5.69 Å². The molecule has 0 aliphatic heterocycles. The van der Waals surface area contributed by atoms with E-state index in [0.29, 0.717) is 0 Å². The second kappa shape index (κ2) is 5.40. The number of rotatable bonds is 1. The van der Waals surface area contributed by atoms with E-state index < -0.39 is 5.97 Å². The van der Waals surface area contributed by atoms with Gasteiger partial charge in [0.1, 0.15) is 5.69 Å². The summed E-state index contributed by atoms with van der Waals surface area (Å²) in [5.41, 5.74) is 1.34. The van der Waals surface area contributed by atoms with E-state index in [4.69, 9.17) is 9.90 Å². The lowest BCUT2D eigenvalue weighted by atomic mass is 10.3. The van der Waals surface area contributed by atoms with Gasteiger partial charge in [-0.05, 0) is 19.1 Å². The third-order valence-corrected chi connectivity index (χ3v) is 1.53. The molecule has 0 N–H and O–H groups in total. The lowest BCUT2D eigenvalue weighted by Crippen LogP contribution is -2.34. The first-order valence-electron chi connectivity index (χ1n) is 4.38. The van der Waals surface area contributed by atoms with Crippen molar-refractivity contribution in [2.45, 2.75) is 6.92 Å². The van der Waals surface area contributed by atoms with Gasteiger partial charge >= 0.3 is 0 Å². The van der Waals surface area contributed by atoms with E-state index in [9.17, 15) is 0 Å². The van der Waals surface area contributed by atoms with Gasteiger partial charge in [-0.15, -0.1) is 0 Å². The van der Waals surface area contributed by atoms with Gasteiger partial charge in [-0.2, -0.15) is 0 Å². The molecule has 0 aromatic heterocycles. The van der Waals surface area contributed by atoms with E-state index >= 15 is 0 Å². The number of nitrogens with zero attached hydrogens (tertiary/aromatic N) is 1. The summed E-state index contributed by atoms with van der Waals surface area (Å²) < 4.78 is 0.890. The smallest absolute Gasteiger partial charge is 0.132 e. The van der Waals surface area contributed by atoms with Gasteiger partial charge in [-0.3, -0.25) is 4.48 Å². The van der Waals surface area contributed by atoms with Gasteiger partial charge in [0.05, 0.1) is 21.1 Å². The normalized spacial score (nSPS) is 10.0. The molecule has 0 aliphatic rings. The number of carboxylic acids is 1. The van der Waals surface area contributed by atoms with Gasteiger partial charge in [0.2, 0.25) is 0 Å². The molecule has 14 heavy (non-hydrogen) atoms. The number of quaternary nitrogens is 1. The molecule has 1 aromatic rings. The van der Waals surface area contributed by atoms with Crippen molar-refractivity contribution in [1.82, 2.24) is 4.48 Å². The van der Waals surface area contributed by atoms with Gasteiger partial charge in [-0.25, -0.2) is 0 Å². The maximum absolute atomic E-state index is 8.89. The highest BCUT2D eigenvalue weighted by atomic mass is 16.4. The summed E-state index contributed by atoms with van der Waals surface area (Å²) in [4.78, 5) is 8.89. The molecule has 3 nitrogen and oxygen atoms in total. The average molecular weight is 195 g/mol. The van der Waals surface area contributed by atoms with E-state index in [1.54, 1.807) is 0 Å². The Balaban J connectivity index is 0.000000364. The maximum Gasteiger partial charge on any atom is 0.132 e. The van der Waals surface area contributed by atoms with Gasteiger partial charge in [0.25, 0.3) is 0 Å². The Hall–Kier alpha value is -1.35. The van der Waals surface area contributed by atoms with Gasteiger partial charge in [-0.1, -0.05) is 18.2 Å². The Morgan fingerprint density at radius 2 is 1.50 bits per heavy atom. The largest absolute Gasteiger partial charge is 0.550 e. The number of aliphatic carboxylic acids is 1. The second-order valence-corrected chi connectivity index (χ2v) is 3.84. The molecule has 78 valence electrons. The lowest BCUT2D eigenvalue weighted by Gasteiger charge is -2.22. The first-order chi connectivity index (χ1) is 6.34. The fraction of sp³-hybridized carbons (Fsp3) is 0.364. The van der Waals surface area contributed by atoms with Crippen molar-refractivity contribution >= 4 is 11.7 Å².